The summed E-state index contributed by atoms with van der Waals surface area (Å²) in [6.07, 6.45) is 7.92. The van der Waals surface area contributed by atoms with Gasteiger partial charge in [-0.3, -0.25) is 38.9 Å². The molecule has 1 aliphatic rings. The van der Waals surface area contributed by atoms with Crippen LogP contribution in [0.3, 0.4) is 0 Å². The number of carbonyl (C=O) groups is 7. The molecule has 346 valence electrons. The maximum atomic E-state index is 13.9. The summed E-state index contributed by atoms with van der Waals surface area (Å²) in [4.78, 5) is 105. The molecule has 0 radical (unpaired) electrons. The maximum Gasteiger partial charge on any atom is 0.326 e. The summed E-state index contributed by atoms with van der Waals surface area (Å²) in [7, 11) is 2.58. The van der Waals surface area contributed by atoms with Gasteiger partial charge in [-0.25, -0.2) is 4.79 Å². The highest BCUT2D eigenvalue weighted by Gasteiger charge is 2.35. The Morgan fingerprint density at radius 2 is 1.56 bits per heavy atom. The van der Waals surface area contributed by atoms with Gasteiger partial charge in [0.1, 0.15) is 36.0 Å². The van der Waals surface area contributed by atoms with Crippen LogP contribution in [0.25, 0.3) is 11.1 Å². The number of nitrogens with zero attached hydrogens (tertiary/aromatic N) is 3. The lowest BCUT2D eigenvalue weighted by Gasteiger charge is -2.30. The molecule has 0 unspecified atom stereocenters. The molecule has 20 nitrogen and oxygen atoms in total. The van der Waals surface area contributed by atoms with E-state index in [0.29, 0.717) is 6.42 Å². The number of nitrogens with one attached hydrogen (secondary N) is 4. The lowest BCUT2D eigenvalue weighted by Crippen LogP contribution is -2.55. The third kappa shape index (κ3) is 14.1. The lowest BCUT2D eigenvalue weighted by molar-refractivity contribution is -0.385. The van der Waals surface area contributed by atoms with E-state index >= 15 is 0 Å². The van der Waals surface area contributed by atoms with E-state index in [0.717, 1.165) is 53.5 Å². The first-order valence-corrected chi connectivity index (χ1v) is 21.1. The fourth-order valence-electron chi connectivity index (χ4n) is 7.09. The highest BCUT2D eigenvalue weighted by atomic mass is 16.6. The van der Waals surface area contributed by atoms with Crippen LogP contribution < -0.4 is 21.3 Å². The van der Waals surface area contributed by atoms with Gasteiger partial charge in [-0.05, 0) is 55.5 Å². The molecular formula is C43H61N7O13. The first-order valence-electron chi connectivity index (χ1n) is 21.1. The molecule has 63 heavy (non-hydrogen) atoms. The molecule has 6 atom stereocenters. The van der Waals surface area contributed by atoms with Crippen molar-refractivity contribution in [3.05, 3.63) is 51.6 Å². The monoisotopic (exact) mass is 883 g/mol. The number of likely N-dealkylation sites (N-methyl/N-ethyl adjacent to an activating group) is 2. The number of carboxylic acid groups (broad SMARTS) is 1. The average Bonchev–Trinajstić information content (AvgIpc) is 3.23. The van der Waals surface area contributed by atoms with Crippen molar-refractivity contribution in [2.75, 3.05) is 27.2 Å². The summed E-state index contributed by atoms with van der Waals surface area (Å²) in [6, 6.07) is -1.52. The minimum absolute atomic E-state index is 0.00252. The topological polar surface area (TPSA) is 298 Å². The Bertz CT molecular complexity index is 2010. The largest absolute Gasteiger partial charge is 0.507 e. The fourth-order valence-corrected chi connectivity index (χ4v) is 7.09. The molecule has 0 spiro atoms. The van der Waals surface area contributed by atoms with Crippen molar-refractivity contribution >= 4 is 47.1 Å². The van der Waals surface area contributed by atoms with Gasteiger partial charge in [0.15, 0.2) is 0 Å². The fraction of sp³-hybridized carbons (Fsp3) is 0.558. The summed E-state index contributed by atoms with van der Waals surface area (Å²) in [5.74, 6) is -6.97. The summed E-state index contributed by atoms with van der Waals surface area (Å²) in [5, 5.41) is 63.2. The number of carboxylic acids is 1. The Labute approximate surface area is 365 Å². The predicted molar refractivity (Wildman–Crippen MR) is 229 cm³/mol. The van der Waals surface area contributed by atoms with Crippen LogP contribution >= 0.6 is 0 Å². The van der Waals surface area contributed by atoms with Crippen LogP contribution in [0.5, 0.6) is 11.5 Å². The van der Waals surface area contributed by atoms with Gasteiger partial charge in [-0.15, -0.1) is 0 Å². The van der Waals surface area contributed by atoms with Crippen molar-refractivity contribution in [2.45, 2.75) is 122 Å². The first kappa shape index (κ1) is 51.0. The number of aliphatic hydroxyl groups excluding tert-OH is 1. The van der Waals surface area contributed by atoms with Crippen LogP contribution in [-0.2, 0) is 40.0 Å². The van der Waals surface area contributed by atoms with Gasteiger partial charge in [0.25, 0.3) is 0 Å². The number of rotatable bonds is 20. The number of phenols is 2. The van der Waals surface area contributed by atoms with E-state index in [4.69, 9.17) is 0 Å². The zero-order chi connectivity index (χ0) is 47.1. The Morgan fingerprint density at radius 3 is 2.17 bits per heavy atom. The molecule has 0 saturated heterocycles. The van der Waals surface area contributed by atoms with Gasteiger partial charge in [0.2, 0.25) is 41.2 Å². The SMILES string of the molecule is CC[C@@H](C)CCCCCCCCC(=O)N(C)[C@H](CO)C(=O)N[C@H](C)C(=O)NCC(=O)N(C)[C@H]1C(=O)N[C@@H](C)C(=O)N[C@@H](C(=O)O)Cc2cc(c(O)c([N+](=O)[O-])c2)-c2cc1ccc2O. The number of carbonyl (C=O) groups excluding carboxylic acids is 6. The van der Waals surface area contributed by atoms with E-state index in [1.807, 2.05) is 0 Å². The van der Waals surface area contributed by atoms with Crippen LogP contribution in [0.1, 0.15) is 103 Å². The number of hydrogen-bond acceptors (Lipinski definition) is 12. The van der Waals surface area contributed by atoms with Crippen LogP contribution in [-0.4, -0.2) is 128 Å². The van der Waals surface area contributed by atoms with Crippen molar-refractivity contribution in [3.63, 3.8) is 0 Å². The van der Waals surface area contributed by atoms with E-state index in [1.165, 1.54) is 65.4 Å². The zero-order valence-corrected chi connectivity index (χ0v) is 36.6. The smallest absolute Gasteiger partial charge is 0.326 e. The summed E-state index contributed by atoms with van der Waals surface area (Å²) < 4.78 is 0. The molecule has 0 aromatic heterocycles. The van der Waals surface area contributed by atoms with E-state index in [2.05, 4.69) is 35.1 Å². The van der Waals surface area contributed by atoms with Crippen molar-refractivity contribution in [1.82, 2.24) is 31.1 Å². The molecule has 6 amide bonds. The Kier molecular flexibility index (Phi) is 19.3. The zero-order valence-electron chi connectivity index (χ0n) is 36.6. The van der Waals surface area contributed by atoms with E-state index in [1.54, 1.807) is 0 Å². The molecule has 8 N–H and O–H groups in total. The van der Waals surface area contributed by atoms with Crippen LogP contribution in [0.2, 0.25) is 0 Å². The normalized spacial score (nSPS) is 17.7. The van der Waals surface area contributed by atoms with Crippen LogP contribution in [0.15, 0.2) is 30.3 Å². The second-order valence-corrected chi connectivity index (χ2v) is 16.1. The van der Waals surface area contributed by atoms with Gasteiger partial charge in [-0.1, -0.05) is 64.9 Å². The van der Waals surface area contributed by atoms with Gasteiger partial charge >= 0.3 is 11.7 Å². The molecule has 0 saturated carbocycles. The quantitative estimate of drug-likeness (QED) is 0.0539. The molecule has 4 bridgehead atoms. The second-order valence-electron chi connectivity index (χ2n) is 16.1. The first-order chi connectivity index (χ1) is 29.7. The second kappa shape index (κ2) is 23.8. The van der Waals surface area contributed by atoms with Crippen LogP contribution in [0.4, 0.5) is 5.69 Å². The number of aliphatic carboxylic acids is 1. The van der Waals surface area contributed by atoms with Gasteiger partial charge < -0.3 is 51.5 Å². The minimum Gasteiger partial charge on any atom is -0.507 e. The molecule has 0 aliphatic carbocycles. The molecule has 1 aliphatic heterocycles. The number of hydrogen-bond donors (Lipinski definition) is 8. The van der Waals surface area contributed by atoms with Crippen molar-refractivity contribution < 1.29 is 58.9 Å². The third-order valence-electron chi connectivity index (χ3n) is 11.3. The number of phenolic OH excluding ortho intramolecular Hbond substituents is 2. The van der Waals surface area contributed by atoms with Crippen molar-refractivity contribution in [1.29, 1.82) is 0 Å². The lowest BCUT2D eigenvalue weighted by atomic mass is 9.93. The van der Waals surface area contributed by atoms with E-state index < -0.39 is 107 Å². The Hall–Kier alpha value is -6.31. The molecule has 3 rings (SSSR count). The number of benzene rings is 2. The highest BCUT2D eigenvalue weighted by molar-refractivity contribution is 5.96. The summed E-state index contributed by atoms with van der Waals surface area (Å²) in [6.45, 7) is 5.56. The maximum absolute atomic E-state index is 13.9. The third-order valence-corrected chi connectivity index (χ3v) is 11.3. The van der Waals surface area contributed by atoms with Gasteiger partial charge in [0, 0.05) is 44.1 Å². The Balaban J connectivity index is 1.75. The Morgan fingerprint density at radius 1 is 0.905 bits per heavy atom. The minimum atomic E-state index is -1.65. The highest BCUT2D eigenvalue weighted by Crippen LogP contribution is 2.43. The predicted octanol–water partition coefficient (Wildman–Crippen LogP) is 2.41. The number of nitro benzene ring substituents is 1. The number of amides is 6. The molecule has 2 aromatic rings. The van der Waals surface area contributed by atoms with E-state index in [-0.39, 0.29) is 34.6 Å². The number of nitro groups is 1. The van der Waals surface area contributed by atoms with Crippen molar-refractivity contribution in [3.8, 4) is 22.6 Å². The number of fused-ring (bicyclic) bond motifs is 5. The number of aliphatic hydroxyl groups is 1. The summed E-state index contributed by atoms with van der Waals surface area (Å²) >= 11 is 0. The van der Waals surface area contributed by atoms with Crippen LogP contribution in [0, 0.1) is 16.0 Å². The molecule has 20 heteroatoms. The van der Waals surface area contributed by atoms with Gasteiger partial charge in [0.05, 0.1) is 18.1 Å². The van der Waals surface area contributed by atoms with E-state index in [9.17, 15) is 64.1 Å². The van der Waals surface area contributed by atoms with Crippen molar-refractivity contribution in [2.24, 2.45) is 5.92 Å². The molecule has 2 aromatic carbocycles. The average molecular weight is 884 g/mol. The summed E-state index contributed by atoms with van der Waals surface area (Å²) in [5.41, 5.74) is -1.39. The molecule has 0 fully saturated rings. The molecular weight excluding hydrogens is 823 g/mol. The number of aromatic hydroxyl groups is 2. The standard InChI is InChI=1S/C43H61N7O13/c1-7-24(2)14-12-10-8-9-11-13-15-35(53)48(5)33(23-51)41(58)45-25(3)39(56)44-22-36(54)49(6)37-28-16-17-34(52)29(21-28)30-18-27(20-32(38(30)55)50(62)63)19-31(43(60)61)47-40(57)26(4)46-42(37)59/h16-18,20-21,24-26,31,33,37,51-52,55H,7-15,19,22-23H2,1-6H3,(H,44,56)(H,45,58)(H,46,59)(H,47,57)(H,60,61)/t24-,25-,26+,31-,33-,37-/m1/s1. The number of unbranched alkanes of at least 4 members (excludes halogenated alkanes) is 5. The molecule has 1 heterocycles. The van der Waals surface area contributed by atoms with Gasteiger partial charge in [-0.2, -0.15) is 0 Å².